The number of alkyl halides is 1. The van der Waals surface area contributed by atoms with Crippen LogP contribution in [0.4, 0.5) is 4.39 Å². The summed E-state index contributed by atoms with van der Waals surface area (Å²) in [5, 5.41) is 6.43. The minimum atomic E-state index is -0.778. The molecule has 0 aromatic heterocycles. The zero-order valence-corrected chi connectivity index (χ0v) is 9.62. The van der Waals surface area contributed by atoms with E-state index in [0.29, 0.717) is 6.54 Å². The molecule has 1 fully saturated rings. The minimum absolute atomic E-state index is 0.0172. The van der Waals surface area contributed by atoms with Crippen molar-refractivity contribution in [2.75, 3.05) is 13.1 Å². The molecule has 2 N–H and O–H groups in total. The van der Waals surface area contributed by atoms with E-state index in [1.165, 1.54) is 5.56 Å². The van der Waals surface area contributed by atoms with Crippen molar-refractivity contribution < 1.29 is 4.39 Å². The average molecular weight is 222 g/mol. The Morgan fingerprint density at radius 3 is 2.81 bits per heavy atom. The molecule has 0 spiro atoms. The van der Waals surface area contributed by atoms with Gasteiger partial charge in [0.25, 0.3) is 0 Å². The summed E-state index contributed by atoms with van der Waals surface area (Å²) in [4.78, 5) is 0. The van der Waals surface area contributed by atoms with E-state index < -0.39 is 6.17 Å². The summed E-state index contributed by atoms with van der Waals surface area (Å²) in [6.45, 7) is 3.46. The van der Waals surface area contributed by atoms with Gasteiger partial charge in [0.1, 0.15) is 6.17 Å². The lowest BCUT2D eigenvalue weighted by Crippen LogP contribution is -2.49. The molecule has 16 heavy (non-hydrogen) atoms. The third-order valence-electron chi connectivity index (χ3n) is 3.17. The van der Waals surface area contributed by atoms with E-state index in [2.05, 4.69) is 29.7 Å². The number of hydrogen-bond acceptors (Lipinski definition) is 2. The average Bonchev–Trinajstić information content (AvgIpc) is 2.33. The minimum Gasteiger partial charge on any atom is -0.314 e. The first-order valence-electron chi connectivity index (χ1n) is 5.93. The van der Waals surface area contributed by atoms with Crippen LogP contribution in [-0.4, -0.2) is 25.3 Å². The molecule has 0 radical (unpaired) electrons. The molecule has 2 rings (SSSR count). The highest BCUT2D eigenvalue weighted by molar-refractivity contribution is 5.18. The topological polar surface area (TPSA) is 24.1 Å². The van der Waals surface area contributed by atoms with Gasteiger partial charge in [-0.05, 0) is 25.5 Å². The normalized spacial score (nSPS) is 27.6. The highest BCUT2D eigenvalue weighted by atomic mass is 19.1. The first-order valence-corrected chi connectivity index (χ1v) is 5.93. The fourth-order valence-electron chi connectivity index (χ4n) is 2.17. The second kappa shape index (κ2) is 5.41. The van der Waals surface area contributed by atoms with Gasteiger partial charge in [0.05, 0.1) is 0 Å². The van der Waals surface area contributed by atoms with Gasteiger partial charge in [-0.2, -0.15) is 0 Å². The summed E-state index contributed by atoms with van der Waals surface area (Å²) in [6, 6.07) is 10.4. The molecule has 0 amide bonds. The zero-order chi connectivity index (χ0) is 11.4. The molecule has 88 valence electrons. The smallest absolute Gasteiger partial charge is 0.128 e. The molecule has 2 nitrogen and oxygen atoms in total. The van der Waals surface area contributed by atoms with Crippen molar-refractivity contribution in [1.82, 2.24) is 10.6 Å². The molecule has 1 aliphatic rings. The standard InChI is InChI=1S/C13H19FN2/c1-10(11-5-3-2-4-6-11)16-13-7-8-15-9-12(13)14/h2-6,10,12-13,15-16H,7-9H2,1H3/t10-,12-,13-/m1/s1. The fraction of sp³-hybridized carbons (Fsp3) is 0.538. The van der Waals surface area contributed by atoms with E-state index in [-0.39, 0.29) is 12.1 Å². The lowest BCUT2D eigenvalue weighted by atomic mass is 10.0. The summed E-state index contributed by atoms with van der Waals surface area (Å²) in [7, 11) is 0. The van der Waals surface area contributed by atoms with Gasteiger partial charge in [-0.1, -0.05) is 30.3 Å². The highest BCUT2D eigenvalue weighted by Crippen LogP contribution is 2.16. The van der Waals surface area contributed by atoms with Crippen LogP contribution >= 0.6 is 0 Å². The molecule has 1 aromatic rings. The van der Waals surface area contributed by atoms with Crippen molar-refractivity contribution in [2.45, 2.75) is 31.6 Å². The number of nitrogens with one attached hydrogen (secondary N) is 2. The number of hydrogen-bond donors (Lipinski definition) is 2. The van der Waals surface area contributed by atoms with Gasteiger partial charge in [0.2, 0.25) is 0 Å². The fourth-order valence-corrected chi connectivity index (χ4v) is 2.17. The zero-order valence-electron chi connectivity index (χ0n) is 9.62. The summed E-state index contributed by atoms with van der Waals surface area (Å²) in [5.41, 5.74) is 1.22. The first kappa shape index (κ1) is 11.6. The number of rotatable bonds is 3. The number of halogens is 1. The summed E-state index contributed by atoms with van der Waals surface area (Å²) in [5.74, 6) is 0. The summed E-state index contributed by atoms with van der Waals surface area (Å²) >= 11 is 0. The van der Waals surface area contributed by atoms with Crippen LogP contribution < -0.4 is 10.6 Å². The molecular formula is C13H19FN2. The first-order chi connectivity index (χ1) is 7.77. The van der Waals surface area contributed by atoms with E-state index in [1.807, 2.05) is 18.2 Å². The maximum atomic E-state index is 13.6. The molecule has 3 atom stereocenters. The molecule has 0 saturated carbocycles. The molecule has 0 bridgehead atoms. The van der Waals surface area contributed by atoms with Crippen molar-refractivity contribution in [3.63, 3.8) is 0 Å². The second-order valence-electron chi connectivity index (χ2n) is 4.41. The highest BCUT2D eigenvalue weighted by Gasteiger charge is 2.25. The molecule has 1 saturated heterocycles. The van der Waals surface area contributed by atoms with Crippen LogP contribution in [0.1, 0.15) is 24.9 Å². The summed E-state index contributed by atoms with van der Waals surface area (Å²) < 4.78 is 13.6. The van der Waals surface area contributed by atoms with E-state index in [4.69, 9.17) is 0 Å². The molecule has 1 aromatic carbocycles. The Balaban J connectivity index is 1.94. The van der Waals surface area contributed by atoms with E-state index in [1.54, 1.807) is 0 Å². The van der Waals surface area contributed by atoms with Crippen molar-refractivity contribution >= 4 is 0 Å². The van der Waals surface area contributed by atoms with Crippen LogP contribution in [0.25, 0.3) is 0 Å². The largest absolute Gasteiger partial charge is 0.314 e. The Bertz CT molecular complexity index is 315. The second-order valence-corrected chi connectivity index (χ2v) is 4.41. The molecule has 0 unspecified atom stereocenters. The maximum absolute atomic E-state index is 13.6. The van der Waals surface area contributed by atoms with E-state index in [0.717, 1.165) is 13.0 Å². The Morgan fingerprint density at radius 1 is 1.38 bits per heavy atom. The van der Waals surface area contributed by atoms with Gasteiger partial charge >= 0.3 is 0 Å². The Morgan fingerprint density at radius 2 is 2.12 bits per heavy atom. The SMILES string of the molecule is C[C@@H](N[C@@H]1CCNC[C@H]1F)c1ccccc1. The number of piperidine rings is 1. The molecular weight excluding hydrogens is 203 g/mol. The van der Waals surface area contributed by atoms with E-state index in [9.17, 15) is 4.39 Å². The molecule has 0 aliphatic carbocycles. The van der Waals surface area contributed by atoms with Gasteiger partial charge in [0.15, 0.2) is 0 Å². The summed E-state index contributed by atoms with van der Waals surface area (Å²) in [6.07, 6.45) is 0.0816. The van der Waals surface area contributed by atoms with Crippen molar-refractivity contribution in [1.29, 1.82) is 0 Å². The Kier molecular flexibility index (Phi) is 3.91. The van der Waals surface area contributed by atoms with Crippen LogP contribution in [0, 0.1) is 0 Å². The predicted molar refractivity (Wildman–Crippen MR) is 64.2 cm³/mol. The van der Waals surface area contributed by atoms with Gasteiger partial charge in [0, 0.05) is 18.6 Å². The van der Waals surface area contributed by atoms with Gasteiger partial charge in [-0.25, -0.2) is 4.39 Å². The number of benzene rings is 1. The lowest BCUT2D eigenvalue weighted by molar-refractivity contribution is 0.193. The monoisotopic (exact) mass is 222 g/mol. The van der Waals surface area contributed by atoms with Crippen LogP contribution in [0.5, 0.6) is 0 Å². The molecule has 1 heterocycles. The molecule has 1 aliphatic heterocycles. The third kappa shape index (κ3) is 2.80. The van der Waals surface area contributed by atoms with Gasteiger partial charge in [-0.3, -0.25) is 0 Å². The quantitative estimate of drug-likeness (QED) is 0.817. The van der Waals surface area contributed by atoms with Gasteiger partial charge in [-0.15, -0.1) is 0 Å². The third-order valence-corrected chi connectivity index (χ3v) is 3.17. The van der Waals surface area contributed by atoms with Gasteiger partial charge < -0.3 is 10.6 Å². The van der Waals surface area contributed by atoms with Crippen molar-refractivity contribution in [2.24, 2.45) is 0 Å². The van der Waals surface area contributed by atoms with Crippen LogP contribution in [0.15, 0.2) is 30.3 Å². The predicted octanol–water partition coefficient (Wildman–Crippen LogP) is 2.04. The van der Waals surface area contributed by atoms with Crippen LogP contribution in [-0.2, 0) is 0 Å². The van der Waals surface area contributed by atoms with Crippen molar-refractivity contribution in [3.05, 3.63) is 35.9 Å². The molecule has 3 heteroatoms. The van der Waals surface area contributed by atoms with Crippen LogP contribution in [0.2, 0.25) is 0 Å². The van der Waals surface area contributed by atoms with E-state index >= 15 is 0 Å². The lowest BCUT2D eigenvalue weighted by Gasteiger charge is -2.30. The maximum Gasteiger partial charge on any atom is 0.128 e. The van der Waals surface area contributed by atoms with Crippen LogP contribution in [0.3, 0.4) is 0 Å². The Labute approximate surface area is 96.2 Å². The van der Waals surface area contributed by atoms with Crippen molar-refractivity contribution in [3.8, 4) is 0 Å². The Hall–Kier alpha value is -0.930.